The summed E-state index contributed by atoms with van der Waals surface area (Å²) in [5.74, 6) is 0. The Morgan fingerprint density at radius 1 is 1.38 bits per heavy atom. The summed E-state index contributed by atoms with van der Waals surface area (Å²) in [5, 5.41) is 0. The highest BCUT2D eigenvalue weighted by atomic mass is 19.3. The molecule has 2 N–H and O–H groups in total. The average Bonchev–Trinajstić information content (AvgIpc) is 2.08. The van der Waals surface area contributed by atoms with E-state index in [2.05, 4.69) is 0 Å². The maximum Gasteiger partial charge on any atom is 0.263 e. The van der Waals surface area contributed by atoms with Crippen LogP contribution in [0.2, 0.25) is 0 Å². The van der Waals surface area contributed by atoms with E-state index in [-0.39, 0.29) is 5.56 Å². The maximum atomic E-state index is 12.2. The van der Waals surface area contributed by atoms with E-state index >= 15 is 0 Å². The molecule has 72 valence electrons. The van der Waals surface area contributed by atoms with Gasteiger partial charge < -0.3 is 5.73 Å². The zero-order valence-electron chi connectivity index (χ0n) is 7.56. The van der Waals surface area contributed by atoms with Crippen LogP contribution in [0.1, 0.15) is 30.9 Å². The first-order valence-electron chi connectivity index (χ1n) is 4.31. The van der Waals surface area contributed by atoms with E-state index in [1.54, 1.807) is 6.07 Å². The Bertz CT molecular complexity index is 284. The molecule has 13 heavy (non-hydrogen) atoms. The van der Waals surface area contributed by atoms with E-state index in [9.17, 15) is 8.78 Å². The van der Waals surface area contributed by atoms with Crippen molar-refractivity contribution in [2.45, 2.75) is 26.2 Å². The molecule has 3 heteroatoms. The Morgan fingerprint density at radius 2 is 2.08 bits per heavy atom. The number of nitrogens with two attached hydrogens (primary N) is 1. The highest BCUT2D eigenvalue weighted by Gasteiger charge is 2.08. The van der Waals surface area contributed by atoms with Crippen molar-refractivity contribution in [1.82, 2.24) is 0 Å². The molecule has 0 bridgehead atoms. The third-order valence-corrected chi connectivity index (χ3v) is 1.94. The molecular formula is C10H13F2N. The van der Waals surface area contributed by atoms with Crippen molar-refractivity contribution >= 4 is 5.69 Å². The summed E-state index contributed by atoms with van der Waals surface area (Å²) < 4.78 is 24.4. The summed E-state index contributed by atoms with van der Waals surface area (Å²) in [6, 6.07) is 4.47. The molecule has 1 aromatic carbocycles. The molecule has 0 amide bonds. The number of hydrogen-bond acceptors (Lipinski definition) is 1. The van der Waals surface area contributed by atoms with Gasteiger partial charge in [-0.3, -0.25) is 0 Å². The van der Waals surface area contributed by atoms with Gasteiger partial charge in [-0.2, -0.15) is 0 Å². The van der Waals surface area contributed by atoms with Crippen LogP contribution in [0.5, 0.6) is 0 Å². The normalized spacial score (nSPS) is 10.8. The first-order chi connectivity index (χ1) is 6.15. The topological polar surface area (TPSA) is 26.0 Å². The maximum absolute atomic E-state index is 12.2. The lowest BCUT2D eigenvalue weighted by atomic mass is 10.1. The van der Waals surface area contributed by atoms with Gasteiger partial charge in [0.25, 0.3) is 6.43 Å². The van der Waals surface area contributed by atoms with Crippen molar-refractivity contribution in [3.8, 4) is 0 Å². The molecule has 1 aromatic rings. The number of aryl methyl sites for hydroxylation is 1. The van der Waals surface area contributed by atoms with Crippen molar-refractivity contribution in [2.24, 2.45) is 0 Å². The second kappa shape index (κ2) is 4.21. The van der Waals surface area contributed by atoms with Crippen LogP contribution >= 0.6 is 0 Å². The van der Waals surface area contributed by atoms with Crippen LogP contribution in [0.4, 0.5) is 14.5 Å². The molecule has 0 fully saturated rings. The Kier molecular flexibility index (Phi) is 3.23. The largest absolute Gasteiger partial charge is 0.398 e. The Labute approximate surface area is 76.6 Å². The highest BCUT2D eigenvalue weighted by Crippen LogP contribution is 2.23. The van der Waals surface area contributed by atoms with Crippen LogP contribution in [0, 0.1) is 0 Å². The quantitative estimate of drug-likeness (QED) is 0.719. The van der Waals surface area contributed by atoms with Crippen LogP contribution < -0.4 is 5.73 Å². The summed E-state index contributed by atoms with van der Waals surface area (Å²) in [7, 11) is 0. The second-order valence-electron chi connectivity index (χ2n) is 3.01. The van der Waals surface area contributed by atoms with Crippen LogP contribution in [0.15, 0.2) is 18.2 Å². The van der Waals surface area contributed by atoms with Gasteiger partial charge in [-0.05, 0) is 18.1 Å². The molecule has 0 aliphatic heterocycles. The molecule has 0 atom stereocenters. The van der Waals surface area contributed by atoms with Crippen molar-refractivity contribution in [1.29, 1.82) is 0 Å². The third-order valence-electron chi connectivity index (χ3n) is 1.94. The number of rotatable bonds is 3. The van der Waals surface area contributed by atoms with Gasteiger partial charge in [0.05, 0.1) is 0 Å². The van der Waals surface area contributed by atoms with E-state index in [1.807, 2.05) is 6.92 Å². The van der Waals surface area contributed by atoms with E-state index in [1.165, 1.54) is 12.1 Å². The highest BCUT2D eigenvalue weighted by molar-refractivity contribution is 5.49. The Hall–Kier alpha value is -1.12. The van der Waals surface area contributed by atoms with Gasteiger partial charge >= 0.3 is 0 Å². The fourth-order valence-electron chi connectivity index (χ4n) is 1.25. The lowest BCUT2D eigenvalue weighted by Gasteiger charge is -2.06. The zero-order valence-corrected chi connectivity index (χ0v) is 7.56. The van der Waals surface area contributed by atoms with Gasteiger partial charge in [-0.15, -0.1) is 0 Å². The lowest BCUT2D eigenvalue weighted by Crippen LogP contribution is -1.96. The predicted molar refractivity (Wildman–Crippen MR) is 49.8 cm³/mol. The standard InChI is InChI=1S/C10H13F2N/c1-2-3-7-4-5-8(10(11)12)6-9(7)13/h4-6,10H,2-3,13H2,1H3. The molecule has 0 spiro atoms. The number of halogens is 2. The summed E-state index contributed by atoms with van der Waals surface area (Å²) in [4.78, 5) is 0. The molecule has 1 nitrogen and oxygen atoms in total. The fraction of sp³-hybridized carbons (Fsp3) is 0.400. The smallest absolute Gasteiger partial charge is 0.263 e. The molecule has 0 aromatic heterocycles. The molecule has 0 heterocycles. The molecule has 0 aliphatic carbocycles. The molecule has 1 rings (SSSR count). The number of benzene rings is 1. The van der Waals surface area contributed by atoms with Crippen LogP contribution in [-0.2, 0) is 6.42 Å². The number of alkyl halides is 2. The monoisotopic (exact) mass is 185 g/mol. The fourth-order valence-corrected chi connectivity index (χ4v) is 1.25. The average molecular weight is 185 g/mol. The van der Waals surface area contributed by atoms with Crippen molar-refractivity contribution in [3.63, 3.8) is 0 Å². The molecule has 0 saturated heterocycles. The zero-order chi connectivity index (χ0) is 9.84. The summed E-state index contributed by atoms with van der Waals surface area (Å²) in [6.07, 6.45) is -0.619. The Morgan fingerprint density at radius 3 is 2.54 bits per heavy atom. The third kappa shape index (κ3) is 2.41. The minimum absolute atomic E-state index is 0.00245. The minimum Gasteiger partial charge on any atom is -0.398 e. The van der Waals surface area contributed by atoms with E-state index in [0.29, 0.717) is 5.69 Å². The van der Waals surface area contributed by atoms with E-state index in [0.717, 1.165) is 18.4 Å². The van der Waals surface area contributed by atoms with Crippen LogP contribution in [-0.4, -0.2) is 0 Å². The summed E-state index contributed by atoms with van der Waals surface area (Å²) >= 11 is 0. The van der Waals surface area contributed by atoms with Gasteiger partial charge in [0, 0.05) is 11.3 Å². The first kappa shape index (κ1) is 9.96. The van der Waals surface area contributed by atoms with Crippen LogP contribution in [0.3, 0.4) is 0 Å². The molecule has 0 aliphatic rings. The molecule has 0 saturated carbocycles. The van der Waals surface area contributed by atoms with E-state index in [4.69, 9.17) is 5.73 Å². The van der Waals surface area contributed by atoms with Gasteiger partial charge in [0.2, 0.25) is 0 Å². The summed E-state index contributed by atoms with van der Waals surface area (Å²) in [6.45, 7) is 2.03. The number of anilines is 1. The van der Waals surface area contributed by atoms with Crippen molar-refractivity contribution < 1.29 is 8.78 Å². The Balaban J connectivity index is 2.92. The molecule has 0 unspecified atom stereocenters. The minimum atomic E-state index is -2.43. The number of nitrogen functional groups attached to an aromatic ring is 1. The molecular weight excluding hydrogens is 172 g/mol. The SMILES string of the molecule is CCCc1ccc(C(F)F)cc1N. The van der Waals surface area contributed by atoms with Gasteiger partial charge in [-0.1, -0.05) is 25.5 Å². The van der Waals surface area contributed by atoms with Crippen molar-refractivity contribution in [2.75, 3.05) is 5.73 Å². The van der Waals surface area contributed by atoms with Crippen LogP contribution in [0.25, 0.3) is 0 Å². The van der Waals surface area contributed by atoms with Gasteiger partial charge in [0.15, 0.2) is 0 Å². The van der Waals surface area contributed by atoms with Crippen molar-refractivity contribution in [3.05, 3.63) is 29.3 Å². The second-order valence-corrected chi connectivity index (χ2v) is 3.01. The summed E-state index contributed by atoms with van der Waals surface area (Å²) in [5.41, 5.74) is 7.03. The first-order valence-corrected chi connectivity index (χ1v) is 4.31. The number of hydrogen-bond donors (Lipinski definition) is 1. The van der Waals surface area contributed by atoms with E-state index < -0.39 is 6.43 Å². The van der Waals surface area contributed by atoms with Gasteiger partial charge in [-0.25, -0.2) is 8.78 Å². The van der Waals surface area contributed by atoms with Gasteiger partial charge in [0.1, 0.15) is 0 Å². The lowest BCUT2D eigenvalue weighted by molar-refractivity contribution is 0.151. The predicted octanol–water partition coefficient (Wildman–Crippen LogP) is 3.16. The molecule has 0 radical (unpaired) electrons.